The first-order chi connectivity index (χ1) is 14.2. The maximum atomic E-state index is 12.7. The molecule has 2 N–H and O–H groups in total. The van der Waals surface area contributed by atoms with E-state index in [9.17, 15) is 14.3 Å². The Labute approximate surface area is 168 Å². The van der Waals surface area contributed by atoms with E-state index in [1.807, 2.05) is 24.3 Å². The number of halogens is 1. The Morgan fingerprint density at radius 2 is 1.97 bits per heavy atom. The number of carboxylic acids is 1. The van der Waals surface area contributed by atoms with Crippen LogP contribution >= 0.6 is 0 Å². The quantitative estimate of drug-likeness (QED) is 0.625. The minimum atomic E-state index is -0.981. The lowest BCUT2D eigenvalue weighted by Gasteiger charge is -2.27. The van der Waals surface area contributed by atoms with E-state index in [-0.39, 0.29) is 11.5 Å². The van der Waals surface area contributed by atoms with Gasteiger partial charge in [-0.2, -0.15) is 0 Å². The first-order valence-corrected chi connectivity index (χ1v) is 9.49. The van der Waals surface area contributed by atoms with Crippen molar-refractivity contribution in [2.24, 2.45) is 0 Å². The smallest absolute Gasteiger partial charge is 0.337 e. The summed E-state index contributed by atoms with van der Waals surface area (Å²) in [7, 11) is 0. The van der Waals surface area contributed by atoms with Crippen molar-refractivity contribution in [2.75, 3.05) is 18.5 Å². The summed E-state index contributed by atoms with van der Waals surface area (Å²) in [5, 5.41) is 12.6. The molecule has 0 spiro atoms. The van der Waals surface area contributed by atoms with Crippen molar-refractivity contribution in [1.82, 2.24) is 4.98 Å². The number of anilines is 1. The van der Waals surface area contributed by atoms with Gasteiger partial charge in [-0.05, 0) is 40.8 Å². The first kappa shape index (κ1) is 18.9. The van der Waals surface area contributed by atoms with Crippen molar-refractivity contribution >= 4 is 11.7 Å². The summed E-state index contributed by atoms with van der Waals surface area (Å²) in [6.45, 7) is 0.720. The molecule has 2 aromatic carbocycles. The van der Waals surface area contributed by atoms with Crippen LogP contribution in [-0.2, 0) is 6.67 Å². The summed E-state index contributed by atoms with van der Waals surface area (Å²) in [4.78, 5) is 15.4. The molecule has 4 rings (SSSR count). The van der Waals surface area contributed by atoms with E-state index in [0.717, 1.165) is 28.9 Å². The number of pyridine rings is 1. The normalized spacial score (nSPS) is 15.3. The maximum Gasteiger partial charge on any atom is 0.337 e. The van der Waals surface area contributed by atoms with Crippen LogP contribution in [0, 0.1) is 0 Å². The van der Waals surface area contributed by atoms with Crippen molar-refractivity contribution in [1.29, 1.82) is 0 Å². The fourth-order valence-electron chi connectivity index (χ4n) is 3.60. The summed E-state index contributed by atoms with van der Waals surface area (Å²) in [5.41, 5.74) is 4.49. The van der Waals surface area contributed by atoms with E-state index < -0.39 is 12.6 Å². The lowest BCUT2D eigenvalue weighted by Crippen LogP contribution is -2.21. The summed E-state index contributed by atoms with van der Waals surface area (Å²) < 4.78 is 18.6. The van der Waals surface area contributed by atoms with Crippen LogP contribution < -0.4 is 10.1 Å². The molecule has 1 aliphatic heterocycles. The first-order valence-electron chi connectivity index (χ1n) is 9.49. The van der Waals surface area contributed by atoms with Crippen LogP contribution in [0.4, 0.5) is 10.1 Å². The topological polar surface area (TPSA) is 71.5 Å². The second-order valence-electron chi connectivity index (χ2n) is 7.02. The number of nitrogens with zero attached hydrogens (tertiary/aromatic N) is 1. The molecule has 1 atom stereocenters. The number of carbonyl (C=O) groups is 1. The molecule has 0 amide bonds. The average molecular weight is 392 g/mol. The average Bonchev–Trinajstić information content (AvgIpc) is 2.77. The fourth-order valence-corrected chi connectivity index (χ4v) is 3.60. The number of nitrogens with one attached hydrogen (secondary N) is 1. The van der Waals surface area contributed by atoms with Crippen LogP contribution in [0.3, 0.4) is 0 Å². The number of hydrogen-bond donors (Lipinski definition) is 2. The zero-order valence-electron chi connectivity index (χ0n) is 15.8. The van der Waals surface area contributed by atoms with Gasteiger partial charge in [0.05, 0.1) is 24.1 Å². The minimum absolute atomic E-state index is 0.198. The third-order valence-electron chi connectivity index (χ3n) is 5.21. The number of carboxylic acid groups (broad SMARTS) is 1. The summed E-state index contributed by atoms with van der Waals surface area (Å²) in [5.74, 6) is 0.0500. The van der Waals surface area contributed by atoms with E-state index >= 15 is 0 Å². The van der Waals surface area contributed by atoms with Crippen LogP contribution in [0.5, 0.6) is 5.75 Å². The van der Waals surface area contributed by atoms with Gasteiger partial charge in [0.15, 0.2) is 0 Å². The van der Waals surface area contributed by atoms with Gasteiger partial charge >= 0.3 is 5.97 Å². The predicted molar refractivity (Wildman–Crippen MR) is 109 cm³/mol. The Kier molecular flexibility index (Phi) is 5.42. The zero-order valence-corrected chi connectivity index (χ0v) is 15.8. The molecule has 0 aliphatic carbocycles. The van der Waals surface area contributed by atoms with E-state index in [1.165, 1.54) is 18.5 Å². The van der Waals surface area contributed by atoms with Gasteiger partial charge in [0.2, 0.25) is 0 Å². The van der Waals surface area contributed by atoms with E-state index in [0.29, 0.717) is 24.4 Å². The van der Waals surface area contributed by atoms with Gasteiger partial charge in [-0.25, -0.2) is 9.18 Å². The summed E-state index contributed by atoms with van der Waals surface area (Å²) in [6, 6.07) is 15.0. The Morgan fingerprint density at radius 3 is 2.72 bits per heavy atom. The standard InChI is InChI=1S/C23H21FN2O3/c24-12-15-1-3-16(4-2-15)17-5-6-19-18(8-10-29-22(19)11-17)13-26-21-14-25-9-7-20(21)23(27)28/h1-7,9,11,14,18,26H,8,10,12-13H2,(H,27,28). The number of ether oxygens (including phenoxy) is 1. The molecule has 0 fully saturated rings. The van der Waals surface area contributed by atoms with E-state index in [2.05, 4.69) is 16.4 Å². The number of alkyl halides is 1. The van der Waals surface area contributed by atoms with Crippen LogP contribution in [0.1, 0.15) is 33.8 Å². The van der Waals surface area contributed by atoms with Crippen molar-refractivity contribution in [3.8, 4) is 16.9 Å². The van der Waals surface area contributed by atoms with Crippen LogP contribution in [0.25, 0.3) is 11.1 Å². The molecule has 29 heavy (non-hydrogen) atoms. The van der Waals surface area contributed by atoms with Gasteiger partial charge < -0.3 is 15.2 Å². The highest BCUT2D eigenvalue weighted by Crippen LogP contribution is 2.37. The van der Waals surface area contributed by atoms with Crippen molar-refractivity contribution < 1.29 is 19.0 Å². The van der Waals surface area contributed by atoms with Gasteiger partial charge in [-0.1, -0.05) is 36.4 Å². The van der Waals surface area contributed by atoms with Crippen molar-refractivity contribution in [3.05, 3.63) is 77.6 Å². The monoisotopic (exact) mass is 392 g/mol. The molecule has 1 unspecified atom stereocenters. The lowest BCUT2D eigenvalue weighted by molar-refractivity contribution is 0.0697. The van der Waals surface area contributed by atoms with Crippen molar-refractivity contribution in [3.63, 3.8) is 0 Å². The Balaban J connectivity index is 1.53. The third-order valence-corrected chi connectivity index (χ3v) is 5.21. The molecule has 3 aromatic rings. The van der Waals surface area contributed by atoms with Gasteiger partial charge in [0.1, 0.15) is 12.4 Å². The second kappa shape index (κ2) is 8.31. The summed E-state index contributed by atoms with van der Waals surface area (Å²) in [6.07, 6.45) is 3.85. The largest absolute Gasteiger partial charge is 0.493 e. The van der Waals surface area contributed by atoms with Crippen molar-refractivity contribution in [2.45, 2.75) is 19.0 Å². The third kappa shape index (κ3) is 4.06. The summed E-state index contributed by atoms with van der Waals surface area (Å²) >= 11 is 0. The number of rotatable bonds is 6. The van der Waals surface area contributed by atoms with Gasteiger partial charge in [-0.15, -0.1) is 0 Å². The van der Waals surface area contributed by atoms with Gasteiger partial charge in [-0.3, -0.25) is 4.98 Å². The van der Waals surface area contributed by atoms with Crippen LogP contribution in [-0.4, -0.2) is 29.2 Å². The number of benzene rings is 2. The Hall–Kier alpha value is -3.41. The minimum Gasteiger partial charge on any atom is -0.493 e. The molecule has 0 saturated carbocycles. The zero-order chi connectivity index (χ0) is 20.2. The number of hydrogen-bond acceptors (Lipinski definition) is 4. The molecule has 1 aromatic heterocycles. The molecule has 1 aliphatic rings. The molecular weight excluding hydrogens is 371 g/mol. The molecular formula is C23H21FN2O3. The number of aromatic nitrogens is 1. The molecule has 148 valence electrons. The molecule has 6 heteroatoms. The fraction of sp³-hybridized carbons (Fsp3) is 0.217. The Bertz CT molecular complexity index is 1020. The molecule has 0 radical (unpaired) electrons. The Morgan fingerprint density at radius 1 is 1.17 bits per heavy atom. The van der Waals surface area contributed by atoms with E-state index in [4.69, 9.17) is 4.74 Å². The highest BCUT2D eigenvalue weighted by Gasteiger charge is 2.22. The highest BCUT2D eigenvalue weighted by atomic mass is 19.1. The second-order valence-corrected chi connectivity index (χ2v) is 7.02. The predicted octanol–water partition coefficient (Wildman–Crippen LogP) is 4.89. The molecule has 2 heterocycles. The molecule has 0 bridgehead atoms. The lowest BCUT2D eigenvalue weighted by atomic mass is 9.91. The number of aromatic carboxylic acids is 1. The van der Waals surface area contributed by atoms with Gasteiger partial charge in [0.25, 0.3) is 0 Å². The maximum absolute atomic E-state index is 12.7. The van der Waals surface area contributed by atoms with Crippen LogP contribution in [0.2, 0.25) is 0 Å². The molecule has 5 nitrogen and oxygen atoms in total. The number of fused-ring (bicyclic) bond motifs is 1. The van der Waals surface area contributed by atoms with Crippen LogP contribution in [0.15, 0.2) is 60.9 Å². The molecule has 0 saturated heterocycles. The van der Waals surface area contributed by atoms with Gasteiger partial charge in [0, 0.05) is 18.7 Å². The van der Waals surface area contributed by atoms with E-state index in [1.54, 1.807) is 12.1 Å². The highest BCUT2D eigenvalue weighted by molar-refractivity contribution is 5.93. The SMILES string of the molecule is O=C(O)c1ccncc1NCC1CCOc2cc(-c3ccc(CF)cc3)ccc21.